The van der Waals surface area contributed by atoms with Crippen LogP contribution in [0.4, 0.5) is 5.69 Å². The zero-order valence-corrected chi connectivity index (χ0v) is 14.6. The highest BCUT2D eigenvalue weighted by atomic mass is 32.2. The van der Waals surface area contributed by atoms with Crippen molar-refractivity contribution < 1.29 is 13.2 Å². The molecule has 2 heterocycles. The minimum Gasteiger partial charge on any atom is -0.306 e. The third-order valence-corrected chi connectivity index (χ3v) is 7.41. The first-order chi connectivity index (χ1) is 11.6. The summed E-state index contributed by atoms with van der Waals surface area (Å²) in [6.07, 6.45) is 5.79. The minimum absolute atomic E-state index is 0.0325. The number of carbonyl (C=O) groups is 1. The molecule has 130 valence electrons. The van der Waals surface area contributed by atoms with Crippen molar-refractivity contribution in [2.24, 2.45) is 0 Å². The lowest BCUT2D eigenvalue weighted by Gasteiger charge is -2.47. The predicted molar refractivity (Wildman–Crippen MR) is 93.7 cm³/mol. The number of hydrogen-bond acceptors (Lipinski definition) is 4. The van der Waals surface area contributed by atoms with Crippen LogP contribution in [0.2, 0.25) is 0 Å². The van der Waals surface area contributed by atoms with Crippen molar-refractivity contribution >= 4 is 21.4 Å². The van der Waals surface area contributed by atoms with E-state index in [1.807, 2.05) is 30.3 Å². The molecule has 0 radical (unpaired) electrons. The lowest BCUT2D eigenvalue weighted by Crippen LogP contribution is -2.64. The lowest BCUT2D eigenvalue weighted by atomic mass is 9.91. The van der Waals surface area contributed by atoms with Gasteiger partial charge in [0.25, 0.3) is 0 Å². The molecule has 0 bridgehead atoms. The summed E-state index contributed by atoms with van der Waals surface area (Å²) in [5.41, 5.74) is 0.817. The zero-order valence-electron chi connectivity index (χ0n) is 13.8. The Labute approximate surface area is 143 Å². The predicted octanol–water partition coefficient (Wildman–Crippen LogP) is 1.83. The molecule has 24 heavy (non-hydrogen) atoms. The number of rotatable bonds is 2. The first kappa shape index (κ1) is 16.1. The zero-order chi connectivity index (χ0) is 16.7. The Morgan fingerprint density at radius 1 is 0.917 bits per heavy atom. The van der Waals surface area contributed by atoms with Crippen LogP contribution < -0.4 is 4.90 Å². The number of carbonyl (C=O) groups excluding carboxylic acids is 1. The van der Waals surface area contributed by atoms with Crippen LogP contribution in [0, 0.1) is 0 Å². The van der Waals surface area contributed by atoms with Crippen LogP contribution in [0.25, 0.3) is 0 Å². The first-order valence-electron chi connectivity index (χ1n) is 8.88. The van der Waals surface area contributed by atoms with E-state index in [4.69, 9.17) is 0 Å². The van der Waals surface area contributed by atoms with Gasteiger partial charge in [-0.05, 0) is 25.0 Å². The number of amides is 1. The number of sulfone groups is 1. The molecule has 2 aliphatic heterocycles. The number of anilines is 1. The Balaban J connectivity index is 1.68. The number of para-hydroxylation sites is 1. The number of hydrogen-bond donors (Lipinski definition) is 0. The largest absolute Gasteiger partial charge is 0.306 e. The van der Waals surface area contributed by atoms with Crippen molar-refractivity contribution in [3.8, 4) is 0 Å². The van der Waals surface area contributed by atoms with Gasteiger partial charge in [-0.25, -0.2) is 8.42 Å². The summed E-state index contributed by atoms with van der Waals surface area (Å²) in [6, 6.07) is 9.56. The van der Waals surface area contributed by atoms with Gasteiger partial charge in [0.05, 0.1) is 24.1 Å². The van der Waals surface area contributed by atoms with Gasteiger partial charge in [-0.15, -0.1) is 0 Å². The lowest BCUT2D eigenvalue weighted by molar-refractivity contribution is -0.124. The smallest absolute Gasteiger partial charge is 0.241 e. The van der Waals surface area contributed by atoms with Crippen LogP contribution in [0.15, 0.2) is 30.3 Å². The summed E-state index contributed by atoms with van der Waals surface area (Å²) in [6.45, 7) is 0.343. The van der Waals surface area contributed by atoms with Gasteiger partial charge in [-0.1, -0.05) is 37.5 Å². The van der Waals surface area contributed by atoms with Crippen molar-refractivity contribution in [3.05, 3.63) is 30.3 Å². The molecule has 3 fully saturated rings. The number of nitrogens with zero attached hydrogens (tertiary/aromatic N) is 2. The average Bonchev–Trinajstić information content (AvgIpc) is 2.90. The van der Waals surface area contributed by atoms with E-state index >= 15 is 0 Å². The van der Waals surface area contributed by atoms with E-state index < -0.39 is 9.84 Å². The maximum Gasteiger partial charge on any atom is 0.241 e. The molecule has 3 aliphatic rings. The molecular formula is C18H24N2O3S. The van der Waals surface area contributed by atoms with Crippen LogP contribution in [-0.2, 0) is 14.6 Å². The fourth-order valence-corrected chi connectivity index (χ4v) is 6.61. The molecule has 2 saturated heterocycles. The SMILES string of the molecule is O=C1CN(C2CCCCC2)[C@H]2CS(=O)(=O)C[C@H]2N1c1ccccc1. The summed E-state index contributed by atoms with van der Waals surface area (Å²) in [4.78, 5) is 16.9. The molecule has 0 spiro atoms. The molecule has 1 aromatic rings. The summed E-state index contributed by atoms with van der Waals surface area (Å²) in [5, 5.41) is 0. The van der Waals surface area contributed by atoms with Gasteiger partial charge in [0, 0.05) is 17.8 Å². The first-order valence-corrected chi connectivity index (χ1v) is 10.7. The van der Waals surface area contributed by atoms with Gasteiger partial charge < -0.3 is 4.90 Å². The number of benzene rings is 1. The van der Waals surface area contributed by atoms with E-state index in [1.54, 1.807) is 4.90 Å². The third kappa shape index (κ3) is 2.86. The molecule has 6 heteroatoms. The Morgan fingerprint density at radius 3 is 2.29 bits per heavy atom. The number of piperazine rings is 1. The summed E-state index contributed by atoms with van der Waals surface area (Å²) >= 11 is 0. The van der Waals surface area contributed by atoms with Gasteiger partial charge in [0.2, 0.25) is 5.91 Å². The fourth-order valence-electron chi connectivity index (χ4n) is 4.65. The van der Waals surface area contributed by atoms with Gasteiger partial charge in [-0.2, -0.15) is 0 Å². The highest BCUT2D eigenvalue weighted by Crippen LogP contribution is 2.35. The van der Waals surface area contributed by atoms with Crippen LogP contribution in [-0.4, -0.2) is 55.4 Å². The minimum atomic E-state index is -3.10. The Bertz CT molecular complexity index is 713. The second kappa shape index (κ2) is 6.15. The van der Waals surface area contributed by atoms with Crippen molar-refractivity contribution in [1.29, 1.82) is 0 Å². The van der Waals surface area contributed by atoms with Gasteiger partial charge in [0.1, 0.15) is 0 Å². The second-order valence-electron chi connectivity index (χ2n) is 7.28. The summed E-state index contributed by atoms with van der Waals surface area (Å²) < 4.78 is 24.7. The maximum atomic E-state index is 12.9. The molecule has 5 nitrogen and oxygen atoms in total. The summed E-state index contributed by atoms with van der Waals surface area (Å²) in [7, 11) is -3.10. The van der Waals surface area contributed by atoms with E-state index in [0.29, 0.717) is 12.6 Å². The molecule has 1 saturated carbocycles. The molecule has 2 atom stereocenters. The molecule has 1 amide bonds. The van der Waals surface area contributed by atoms with Crippen LogP contribution in [0.3, 0.4) is 0 Å². The van der Waals surface area contributed by atoms with Crippen molar-refractivity contribution in [3.63, 3.8) is 0 Å². The average molecular weight is 348 g/mol. The quantitative estimate of drug-likeness (QED) is 0.818. The van der Waals surface area contributed by atoms with E-state index in [9.17, 15) is 13.2 Å². The fraction of sp³-hybridized carbons (Fsp3) is 0.611. The second-order valence-corrected chi connectivity index (χ2v) is 9.43. The highest BCUT2D eigenvalue weighted by Gasteiger charge is 2.51. The topological polar surface area (TPSA) is 57.7 Å². The van der Waals surface area contributed by atoms with Gasteiger partial charge in [0.15, 0.2) is 9.84 Å². The number of fused-ring (bicyclic) bond motifs is 1. The molecule has 0 unspecified atom stereocenters. The van der Waals surface area contributed by atoms with Crippen molar-refractivity contribution in [1.82, 2.24) is 4.90 Å². The molecule has 0 aromatic heterocycles. The normalized spacial score (nSPS) is 31.2. The molecular weight excluding hydrogens is 324 g/mol. The monoisotopic (exact) mass is 348 g/mol. The van der Waals surface area contributed by atoms with Crippen LogP contribution in [0.1, 0.15) is 32.1 Å². The van der Waals surface area contributed by atoms with Gasteiger partial charge >= 0.3 is 0 Å². The van der Waals surface area contributed by atoms with Crippen LogP contribution >= 0.6 is 0 Å². The standard InChI is InChI=1S/C18H24N2O3S/c21-18-11-19(14-7-3-1-4-8-14)16-12-24(22,23)13-17(16)20(18)15-9-5-2-6-10-15/h2,5-6,9-10,14,16-17H,1,3-4,7-8,11-13H2/t16-,17+/m0/s1. The Hall–Kier alpha value is -1.40. The molecule has 0 N–H and O–H groups in total. The van der Waals surface area contributed by atoms with Gasteiger partial charge in [-0.3, -0.25) is 9.69 Å². The Morgan fingerprint density at radius 2 is 1.58 bits per heavy atom. The molecule has 4 rings (SSSR count). The van der Waals surface area contributed by atoms with E-state index in [0.717, 1.165) is 18.5 Å². The summed E-state index contributed by atoms with van der Waals surface area (Å²) in [5.74, 6) is 0.303. The van der Waals surface area contributed by atoms with Crippen LogP contribution in [0.5, 0.6) is 0 Å². The maximum absolute atomic E-state index is 12.9. The molecule has 1 aromatic carbocycles. The van der Waals surface area contributed by atoms with E-state index in [1.165, 1.54) is 19.3 Å². The Kier molecular flexibility index (Phi) is 4.12. The van der Waals surface area contributed by atoms with E-state index in [-0.39, 0.29) is 29.5 Å². The molecule has 1 aliphatic carbocycles. The third-order valence-electron chi connectivity index (χ3n) is 5.72. The van der Waals surface area contributed by atoms with E-state index in [2.05, 4.69) is 4.90 Å². The van der Waals surface area contributed by atoms with Crippen molar-refractivity contribution in [2.45, 2.75) is 50.2 Å². The highest BCUT2D eigenvalue weighted by molar-refractivity contribution is 7.91. The van der Waals surface area contributed by atoms with Crippen molar-refractivity contribution in [2.75, 3.05) is 23.0 Å².